The molecule has 6 heteroatoms. The van der Waals surface area contributed by atoms with Gasteiger partial charge in [-0.05, 0) is 31.9 Å². The van der Waals surface area contributed by atoms with Crippen molar-refractivity contribution in [2.24, 2.45) is 0 Å². The predicted molar refractivity (Wildman–Crippen MR) is 68.7 cm³/mol. The number of carboxylic acids is 1. The maximum atomic E-state index is 11.2. The Hall–Kier alpha value is -2.37. The van der Waals surface area contributed by atoms with Crippen LogP contribution in [0.2, 0.25) is 0 Å². The van der Waals surface area contributed by atoms with Gasteiger partial charge in [-0.25, -0.2) is 4.79 Å². The van der Waals surface area contributed by atoms with E-state index < -0.39 is 5.97 Å². The molecule has 1 aromatic carbocycles. The lowest BCUT2D eigenvalue weighted by molar-refractivity contribution is 0.0691. The minimum atomic E-state index is -1.02. The Morgan fingerprint density at radius 2 is 2.30 bits per heavy atom. The van der Waals surface area contributed by atoms with Crippen LogP contribution >= 0.6 is 0 Å². The largest absolute Gasteiger partial charge is 0.485 e. The van der Waals surface area contributed by atoms with Crippen LogP contribution in [0.4, 0.5) is 0 Å². The van der Waals surface area contributed by atoms with E-state index >= 15 is 0 Å². The van der Waals surface area contributed by atoms with Crippen molar-refractivity contribution in [1.29, 1.82) is 0 Å². The molecule has 1 heterocycles. The smallest absolute Gasteiger partial charge is 0.339 e. The van der Waals surface area contributed by atoms with Crippen LogP contribution in [0.15, 0.2) is 22.7 Å². The molecule has 1 aliphatic carbocycles. The highest BCUT2D eigenvalue weighted by molar-refractivity contribution is 5.91. The zero-order valence-electron chi connectivity index (χ0n) is 11.0. The van der Waals surface area contributed by atoms with Gasteiger partial charge in [-0.3, -0.25) is 0 Å². The third-order valence-electron chi connectivity index (χ3n) is 3.13. The van der Waals surface area contributed by atoms with Crippen molar-refractivity contribution in [3.8, 4) is 5.75 Å². The molecule has 1 aromatic heterocycles. The molecule has 0 radical (unpaired) electrons. The number of hydrogen-bond acceptors (Lipinski definition) is 5. The van der Waals surface area contributed by atoms with Gasteiger partial charge >= 0.3 is 5.97 Å². The Balaban J connectivity index is 1.72. The second kappa shape index (κ2) is 4.96. The first-order chi connectivity index (χ1) is 9.63. The van der Waals surface area contributed by atoms with Gasteiger partial charge in [0.05, 0.1) is 0 Å². The highest BCUT2D eigenvalue weighted by atomic mass is 16.5. The van der Waals surface area contributed by atoms with E-state index in [1.807, 2.05) is 6.92 Å². The fourth-order valence-electron chi connectivity index (χ4n) is 1.90. The van der Waals surface area contributed by atoms with Crippen LogP contribution < -0.4 is 4.74 Å². The van der Waals surface area contributed by atoms with Crippen LogP contribution in [-0.2, 0) is 6.61 Å². The molecule has 1 N–H and O–H groups in total. The maximum Gasteiger partial charge on any atom is 0.339 e. The number of aromatic carboxylic acids is 1. The molecule has 0 bridgehead atoms. The van der Waals surface area contributed by atoms with Crippen LogP contribution in [-0.4, -0.2) is 21.2 Å². The Morgan fingerprint density at radius 3 is 3.00 bits per heavy atom. The number of aromatic nitrogens is 2. The van der Waals surface area contributed by atoms with Gasteiger partial charge < -0.3 is 14.4 Å². The SMILES string of the molecule is Cc1ccc(OCc2noc(C3CC3)n2)c(C(=O)O)c1. The summed E-state index contributed by atoms with van der Waals surface area (Å²) in [4.78, 5) is 15.4. The first kappa shape index (κ1) is 12.7. The van der Waals surface area contributed by atoms with Crippen molar-refractivity contribution < 1.29 is 19.2 Å². The third-order valence-corrected chi connectivity index (χ3v) is 3.13. The average Bonchev–Trinajstić information content (AvgIpc) is 3.17. The second-order valence-electron chi connectivity index (χ2n) is 4.92. The molecule has 3 rings (SSSR count). The van der Waals surface area contributed by atoms with Crippen molar-refractivity contribution in [3.05, 3.63) is 41.0 Å². The molecule has 0 atom stereocenters. The molecule has 6 nitrogen and oxygen atoms in total. The highest BCUT2D eigenvalue weighted by Gasteiger charge is 2.29. The minimum Gasteiger partial charge on any atom is -0.485 e. The van der Waals surface area contributed by atoms with E-state index in [0.29, 0.717) is 23.4 Å². The van der Waals surface area contributed by atoms with E-state index in [0.717, 1.165) is 18.4 Å². The van der Waals surface area contributed by atoms with E-state index in [2.05, 4.69) is 10.1 Å². The third kappa shape index (κ3) is 2.64. The number of ether oxygens (including phenoxy) is 1. The summed E-state index contributed by atoms with van der Waals surface area (Å²) in [6.07, 6.45) is 2.17. The predicted octanol–water partition coefficient (Wildman–Crippen LogP) is 2.53. The molecule has 2 aromatic rings. The van der Waals surface area contributed by atoms with Gasteiger partial charge in [0.25, 0.3) is 0 Å². The number of nitrogens with zero attached hydrogens (tertiary/aromatic N) is 2. The lowest BCUT2D eigenvalue weighted by Crippen LogP contribution is -2.04. The molecule has 1 aliphatic rings. The van der Waals surface area contributed by atoms with Crippen LogP contribution in [0.25, 0.3) is 0 Å². The highest BCUT2D eigenvalue weighted by Crippen LogP contribution is 2.38. The topological polar surface area (TPSA) is 85.5 Å². The number of hydrogen-bond donors (Lipinski definition) is 1. The summed E-state index contributed by atoms with van der Waals surface area (Å²) < 4.78 is 10.6. The lowest BCUT2D eigenvalue weighted by atomic mass is 10.1. The van der Waals surface area contributed by atoms with Crippen LogP contribution in [0.1, 0.15) is 46.4 Å². The summed E-state index contributed by atoms with van der Waals surface area (Å²) in [7, 11) is 0. The summed E-state index contributed by atoms with van der Waals surface area (Å²) in [6, 6.07) is 5.01. The normalized spacial score (nSPS) is 14.2. The van der Waals surface area contributed by atoms with E-state index in [-0.39, 0.29) is 12.2 Å². The zero-order chi connectivity index (χ0) is 14.1. The lowest BCUT2D eigenvalue weighted by Gasteiger charge is -2.07. The van der Waals surface area contributed by atoms with Crippen molar-refractivity contribution in [3.63, 3.8) is 0 Å². The van der Waals surface area contributed by atoms with Gasteiger partial charge in [0, 0.05) is 5.92 Å². The first-order valence-corrected chi connectivity index (χ1v) is 6.42. The molecule has 0 spiro atoms. The summed E-state index contributed by atoms with van der Waals surface area (Å²) in [6.45, 7) is 1.93. The number of carboxylic acid groups (broad SMARTS) is 1. The molecule has 1 fully saturated rings. The second-order valence-corrected chi connectivity index (χ2v) is 4.92. The van der Waals surface area contributed by atoms with Gasteiger partial charge in [-0.1, -0.05) is 16.8 Å². The van der Waals surface area contributed by atoms with Crippen molar-refractivity contribution >= 4 is 5.97 Å². The van der Waals surface area contributed by atoms with Gasteiger partial charge in [0.2, 0.25) is 11.7 Å². The maximum absolute atomic E-state index is 11.2. The fourth-order valence-corrected chi connectivity index (χ4v) is 1.90. The monoisotopic (exact) mass is 274 g/mol. The standard InChI is InChI=1S/C14H14N2O4/c1-8-2-5-11(10(6-8)14(17)18)19-7-12-15-13(20-16-12)9-3-4-9/h2,5-6,9H,3-4,7H2,1H3,(H,17,18). The summed E-state index contributed by atoms with van der Waals surface area (Å²) >= 11 is 0. The van der Waals surface area contributed by atoms with Crippen molar-refractivity contribution in [1.82, 2.24) is 10.1 Å². The molecule has 0 aliphatic heterocycles. The fraction of sp³-hybridized carbons (Fsp3) is 0.357. The molecule has 0 unspecified atom stereocenters. The molecular weight excluding hydrogens is 260 g/mol. The Morgan fingerprint density at radius 1 is 1.50 bits per heavy atom. The van der Waals surface area contributed by atoms with Crippen LogP contribution in [0, 0.1) is 6.92 Å². The molecule has 0 saturated heterocycles. The molecule has 0 amide bonds. The molecule has 1 saturated carbocycles. The first-order valence-electron chi connectivity index (χ1n) is 6.42. The Kier molecular flexibility index (Phi) is 3.14. The Labute approximate surface area is 115 Å². The van der Waals surface area contributed by atoms with Gasteiger partial charge in [0.15, 0.2) is 6.61 Å². The van der Waals surface area contributed by atoms with Crippen molar-refractivity contribution in [2.45, 2.75) is 32.3 Å². The van der Waals surface area contributed by atoms with Gasteiger partial charge in [-0.2, -0.15) is 4.98 Å². The van der Waals surface area contributed by atoms with Gasteiger partial charge in [-0.15, -0.1) is 0 Å². The summed E-state index contributed by atoms with van der Waals surface area (Å²) in [5.41, 5.74) is 1.00. The Bertz CT molecular complexity index is 646. The van der Waals surface area contributed by atoms with E-state index in [9.17, 15) is 4.79 Å². The number of rotatable bonds is 5. The molecule has 20 heavy (non-hydrogen) atoms. The van der Waals surface area contributed by atoms with Crippen LogP contribution in [0.5, 0.6) is 5.75 Å². The number of carbonyl (C=O) groups is 1. The number of aryl methyl sites for hydroxylation is 1. The average molecular weight is 274 g/mol. The quantitative estimate of drug-likeness (QED) is 0.901. The molecule has 104 valence electrons. The minimum absolute atomic E-state index is 0.0968. The van der Waals surface area contributed by atoms with Crippen molar-refractivity contribution in [2.75, 3.05) is 0 Å². The number of benzene rings is 1. The van der Waals surface area contributed by atoms with E-state index in [4.69, 9.17) is 14.4 Å². The summed E-state index contributed by atoms with van der Waals surface area (Å²) in [5, 5.41) is 13.0. The zero-order valence-corrected chi connectivity index (χ0v) is 11.0. The summed E-state index contributed by atoms with van der Waals surface area (Å²) in [5.74, 6) is 0.760. The van der Waals surface area contributed by atoms with E-state index in [1.54, 1.807) is 18.2 Å². The molecular formula is C14H14N2O4. The van der Waals surface area contributed by atoms with Gasteiger partial charge in [0.1, 0.15) is 11.3 Å². The van der Waals surface area contributed by atoms with Crippen LogP contribution in [0.3, 0.4) is 0 Å². The van der Waals surface area contributed by atoms with E-state index in [1.165, 1.54) is 0 Å².